The van der Waals surface area contributed by atoms with Crippen molar-refractivity contribution in [2.75, 3.05) is 26.2 Å². The largest absolute Gasteiger partial charge is 0.481 e. The summed E-state index contributed by atoms with van der Waals surface area (Å²) >= 11 is 0. The third-order valence-corrected chi connectivity index (χ3v) is 7.25. The second-order valence-electron chi connectivity index (χ2n) is 7.30. The highest BCUT2D eigenvalue weighted by molar-refractivity contribution is 7.89. The van der Waals surface area contributed by atoms with Gasteiger partial charge in [0.1, 0.15) is 5.75 Å². The molecule has 3 rings (SSSR count). The molecule has 2 aromatic rings. The molecule has 1 saturated heterocycles. The van der Waals surface area contributed by atoms with Gasteiger partial charge in [-0.1, -0.05) is 31.2 Å². The van der Waals surface area contributed by atoms with Gasteiger partial charge in [-0.3, -0.25) is 4.79 Å². The van der Waals surface area contributed by atoms with Crippen LogP contribution in [0.25, 0.3) is 0 Å². The maximum atomic E-state index is 12.9. The highest BCUT2D eigenvalue weighted by Gasteiger charge is 2.32. The molecule has 0 radical (unpaired) electrons. The van der Waals surface area contributed by atoms with Crippen molar-refractivity contribution in [3.63, 3.8) is 0 Å². The molecule has 1 atom stereocenters. The van der Waals surface area contributed by atoms with Crippen LogP contribution < -0.4 is 4.74 Å². The number of sulfonamides is 1. The van der Waals surface area contributed by atoms with E-state index in [4.69, 9.17) is 4.74 Å². The molecule has 156 valence electrons. The number of rotatable bonds is 6. The molecular weight excluding hydrogens is 388 g/mol. The Morgan fingerprint density at radius 1 is 1.00 bits per heavy atom. The average molecular weight is 417 g/mol. The molecule has 1 aliphatic heterocycles. The zero-order valence-corrected chi connectivity index (χ0v) is 18.0. The summed E-state index contributed by atoms with van der Waals surface area (Å²) in [5.74, 6) is 0.584. The maximum Gasteiger partial charge on any atom is 0.263 e. The number of nitrogens with zero attached hydrogens (tertiary/aromatic N) is 2. The smallest absolute Gasteiger partial charge is 0.263 e. The molecule has 0 spiro atoms. The molecule has 7 heteroatoms. The summed E-state index contributed by atoms with van der Waals surface area (Å²) in [7, 11) is -3.53. The number of hydrogen-bond acceptors (Lipinski definition) is 4. The number of amides is 1. The molecule has 0 N–H and O–H groups in total. The van der Waals surface area contributed by atoms with Crippen molar-refractivity contribution in [1.82, 2.24) is 9.21 Å². The van der Waals surface area contributed by atoms with E-state index in [1.54, 1.807) is 35.2 Å². The standard InChI is InChI=1S/C22H28N2O4S/c1-4-21(28-19-11-10-17(2)18(3)16-19)22(25)23-12-14-24(15-13-23)29(26,27)20-8-6-5-7-9-20/h5-11,16,21H,4,12-15H2,1-3H3/t21-/m0/s1. The Bertz CT molecular complexity index is 952. The van der Waals surface area contributed by atoms with Gasteiger partial charge >= 0.3 is 0 Å². The Balaban J connectivity index is 1.63. The summed E-state index contributed by atoms with van der Waals surface area (Å²) in [5.41, 5.74) is 2.29. The minimum absolute atomic E-state index is 0.0949. The van der Waals surface area contributed by atoms with Crippen LogP contribution in [0.3, 0.4) is 0 Å². The van der Waals surface area contributed by atoms with Crippen LogP contribution >= 0.6 is 0 Å². The summed E-state index contributed by atoms with van der Waals surface area (Å²) < 4.78 is 32.9. The van der Waals surface area contributed by atoms with Crippen LogP contribution in [-0.4, -0.2) is 55.8 Å². The van der Waals surface area contributed by atoms with Gasteiger partial charge in [0.25, 0.3) is 5.91 Å². The summed E-state index contributed by atoms with van der Waals surface area (Å²) in [6.45, 7) is 7.24. The molecule has 1 fully saturated rings. The quantitative estimate of drug-likeness (QED) is 0.726. The van der Waals surface area contributed by atoms with Gasteiger partial charge in [0.2, 0.25) is 10.0 Å². The van der Waals surface area contributed by atoms with Gasteiger partial charge in [-0.15, -0.1) is 0 Å². The van der Waals surface area contributed by atoms with Crippen LogP contribution in [0.5, 0.6) is 5.75 Å². The van der Waals surface area contributed by atoms with Gasteiger partial charge in [0.05, 0.1) is 4.90 Å². The fraction of sp³-hybridized carbons (Fsp3) is 0.409. The first-order chi connectivity index (χ1) is 13.8. The van der Waals surface area contributed by atoms with Crippen molar-refractivity contribution >= 4 is 15.9 Å². The highest BCUT2D eigenvalue weighted by Crippen LogP contribution is 2.21. The van der Waals surface area contributed by atoms with E-state index in [2.05, 4.69) is 0 Å². The Morgan fingerprint density at radius 3 is 2.24 bits per heavy atom. The molecule has 1 amide bonds. The molecule has 29 heavy (non-hydrogen) atoms. The van der Waals surface area contributed by atoms with E-state index < -0.39 is 16.1 Å². The number of ether oxygens (including phenoxy) is 1. The van der Waals surface area contributed by atoms with Crippen LogP contribution in [0.2, 0.25) is 0 Å². The van der Waals surface area contributed by atoms with Crippen molar-refractivity contribution in [3.05, 3.63) is 59.7 Å². The van der Waals surface area contributed by atoms with Crippen LogP contribution in [-0.2, 0) is 14.8 Å². The molecule has 0 saturated carbocycles. The lowest BCUT2D eigenvalue weighted by Crippen LogP contribution is -2.53. The second kappa shape index (κ2) is 8.97. The fourth-order valence-electron chi connectivity index (χ4n) is 3.35. The third-order valence-electron chi connectivity index (χ3n) is 5.33. The lowest BCUT2D eigenvalue weighted by Gasteiger charge is -2.35. The van der Waals surface area contributed by atoms with Crippen LogP contribution in [0.1, 0.15) is 24.5 Å². The lowest BCUT2D eigenvalue weighted by molar-refractivity contribution is -0.140. The van der Waals surface area contributed by atoms with E-state index in [1.807, 2.05) is 39.0 Å². The van der Waals surface area contributed by atoms with Gasteiger partial charge in [-0.05, 0) is 55.7 Å². The third kappa shape index (κ3) is 4.79. The van der Waals surface area contributed by atoms with Gasteiger partial charge in [0.15, 0.2) is 6.10 Å². The number of benzene rings is 2. The summed E-state index contributed by atoms with van der Waals surface area (Å²) in [5, 5.41) is 0. The average Bonchev–Trinajstić information content (AvgIpc) is 2.74. The molecule has 0 aromatic heterocycles. The summed E-state index contributed by atoms with van der Waals surface area (Å²) in [6.07, 6.45) is -0.0248. The SMILES string of the molecule is CC[C@H](Oc1ccc(C)c(C)c1)C(=O)N1CCN(S(=O)(=O)c2ccccc2)CC1. The minimum Gasteiger partial charge on any atom is -0.481 e. The molecular formula is C22H28N2O4S. The fourth-order valence-corrected chi connectivity index (χ4v) is 4.80. The minimum atomic E-state index is -3.53. The van der Waals surface area contributed by atoms with Crippen molar-refractivity contribution in [2.24, 2.45) is 0 Å². The number of piperazine rings is 1. The van der Waals surface area contributed by atoms with E-state index in [-0.39, 0.29) is 23.9 Å². The van der Waals surface area contributed by atoms with Crippen LogP contribution in [0, 0.1) is 13.8 Å². The molecule has 2 aromatic carbocycles. The molecule has 6 nitrogen and oxygen atoms in total. The maximum absolute atomic E-state index is 12.9. The van der Waals surface area contributed by atoms with Crippen molar-refractivity contribution in [3.8, 4) is 5.75 Å². The molecule has 1 heterocycles. The monoisotopic (exact) mass is 416 g/mol. The van der Waals surface area contributed by atoms with Gasteiger partial charge in [-0.2, -0.15) is 4.31 Å². The molecule has 0 unspecified atom stereocenters. The van der Waals surface area contributed by atoms with Gasteiger partial charge in [-0.25, -0.2) is 8.42 Å². The lowest BCUT2D eigenvalue weighted by atomic mass is 10.1. The Morgan fingerprint density at radius 2 is 1.66 bits per heavy atom. The van der Waals surface area contributed by atoms with Crippen LogP contribution in [0.15, 0.2) is 53.4 Å². The van der Waals surface area contributed by atoms with Crippen molar-refractivity contribution in [2.45, 2.75) is 38.2 Å². The normalized spacial score (nSPS) is 16.4. The van der Waals surface area contributed by atoms with Gasteiger partial charge in [0, 0.05) is 26.2 Å². The Kier molecular flexibility index (Phi) is 6.59. The van der Waals surface area contributed by atoms with Crippen molar-refractivity contribution in [1.29, 1.82) is 0 Å². The zero-order valence-electron chi connectivity index (χ0n) is 17.2. The summed E-state index contributed by atoms with van der Waals surface area (Å²) in [6, 6.07) is 14.2. The van der Waals surface area contributed by atoms with E-state index >= 15 is 0 Å². The van der Waals surface area contributed by atoms with Crippen LogP contribution in [0.4, 0.5) is 0 Å². The highest BCUT2D eigenvalue weighted by atomic mass is 32.2. The van der Waals surface area contributed by atoms with E-state index in [9.17, 15) is 13.2 Å². The van der Waals surface area contributed by atoms with Crippen molar-refractivity contribution < 1.29 is 17.9 Å². The Hall–Kier alpha value is -2.38. The predicted octanol–water partition coefficient (Wildman–Crippen LogP) is 2.99. The first-order valence-electron chi connectivity index (χ1n) is 9.91. The topological polar surface area (TPSA) is 66.9 Å². The molecule has 0 bridgehead atoms. The molecule has 1 aliphatic rings. The number of carbonyl (C=O) groups is 1. The van der Waals surface area contributed by atoms with E-state index in [0.717, 1.165) is 5.56 Å². The van der Waals surface area contributed by atoms with Gasteiger partial charge < -0.3 is 9.64 Å². The molecule has 0 aliphatic carbocycles. The first-order valence-corrected chi connectivity index (χ1v) is 11.3. The Labute approximate surface area is 173 Å². The zero-order chi connectivity index (χ0) is 21.0. The number of hydrogen-bond donors (Lipinski definition) is 0. The summed E-state index contributed by atoms with van der Waals surface area (Å²) in [4.78, 5) is 14.9. The number of carbonyl (C=O) groups excluding carboxylic acids is 1. The predicted molar refractivity (Wildman–Crippen MR) is 112 cm³/mol. The first kappa shape index (κ1) is 21.3. The second-order valence-corrected chi connectivity index (χ2v) is 9.24. The van der Waals surface area contributed by atoms with E-state index in [0.29, 0.717) is 25.3 Å². The van der Waals surface area contributed by atoms with E-state index in [1.165, 1.54) is 9.87 Å². The number of aryl methyl sites for hydroxylation is 2.